The first-order valence-electron chi connectivity index (χ1n) is 8.74. The van der Waals surface area contributed by atoms with E-state index in [1.165, 1.54) is 0 Å². The predicted octanol–water partition coefficient (Wildman–Crippen LogP) is 2.56. The molecule has 7 heteroatoms. The van der Waals surface area contributed by atoms with Gasteiger partial charge in [0.15, 0.2) is 0 Å². The Bertz CT molecular complexity index is 1050. The lowest BCUT2D eigenvalue weighted by Crippen LogP contribution is -2.47. The number of amides is 2. The second kappa shape index (κ2) is 7.49. The van der Waals surface area contributed by atoms with Gasteiger partial charge in [0.05, 0.1) is 11.0 Å². The number of benzene rings is 2. The van der Waals surface area contributed by atoms with Crippen molar-refractivity contribution in [2.24, 2.45) is 5.92 Å². The van der Waals surface area contributed by atoms with Crippen LogP contribution in [-0.4, -0.2) is 27.8 Å². The van der Waals surface area contributed by atoms with Gasteiger partial charge in [0.1, 0.15) is 6.04 Å². The summed E-state index contributed by atoms with van der Waals surface area (Å²) in [6.07, 6.45) is 0. The molecule has 0 spiro atoms. The molecule has 0 saturated heterocycles. The fourth-order valence-corrected chi connectivity index (χ4v) is 2.88. The number of fused-ring (bicyclic) bond motifs is 1. The lowest BCUT2D eigenvalue weighted by Gasteiger charge is -2.22. The van der Waals surface area contributed by atoms with Gasteiger partial charge >= 0.3 is 5.69 Å². The first kappa shape index (κ1) is 18.4. The molecule has 0 aliphatic heterocycles. The molecule has 2 aromatic carbocycles. The molecule has 1 atom stereocenters. The highest BCUT2D eigenvalue weighted by Crippen LogP contribution is 2.16. The third kappa shape index (κ3) is 4.25. The van der Waals surface area contributed by atoms with Crippen molar-refractivity contribution >= 4 is 28.5 Å². The number of aromatic nitrogens is 2. The fourth-order valence-electron chi connectivity index (χ4n) is 2.88. The second-order valence-electron chi connectivity index (χ2n) is 6.89. The third-order valence-electron chi connectivity index (χ3n) is 4.30. The predicted molar refractivity (Wildman–Crippen MR) is 105 cm³/mol. The largest absolute Gasteiger partial charge is 0.340 e. The number of aromatic amines is 2. The van der Waals surface area contributed by atoms with Crippen LogP contribution in [0.3, 0.4) is 0 Å². The van der Waals surface area contributed by atoms with E-state index in [0.717, 1.165) is 5.56 Å². The van der Waals surface area contributed by atoms with Gasteiger partial charge in [0.25, 0.3) is 5.91 Å². The number of aryl methyl sites for hydroxylation is 1. The van der Waals surface area contributed by atoms with Gasteiger partial charge in [-0.25, -0.2) is 4.79 Å². The molecule has 0 aliphatic carbocycles. The summed E-state index contributed by atoms with van der Waals surface area (Å²) < 4.78 is 0. The number of carbonyl (C=O) groups excluding carboxylic acids is 2. The first-order valence-corrected chi connectivity index (χ1v) is 8.74. The van der Waals surface area contributed by atoms with Crippen LogP contribution >= 0.6 is 0 Å². The first-order chi connectivity index (χ1) is 12.8. The van der Waals surface area contributed by atoms with E-state index >= 15 is 0 Å². The van der Waals surface area contributed by atoms with E-state index in [9.17, 15) is 14.4 Å². The van der Waals surface area contributed by atoms with Crippen LogP contribution in [0.5, 0.6) is 0 Å². The van der Waals surface area contributed by atoms with Crippen molar-refractivity contribution in [2.45, 2.75) is 26.8 Å². The van der Waals surface area contributed by atoms with Crippen LogP contribution < -0.4 is 16.3 Å². The maximum Gasteiger partial charge on any atom is 0.323 e. The standard InChI is InChI=1S/C20H22N4O3/c1-11(2)17(24-18(25)13-6-4-5-12(3)9-13)19(26)21-14-7-8-15-16(10-14)23-20(27)22-15/h4-11,17H,1-3H3,(H,21,26)(H,24,25)(H2,22,23,27). The highest BCUT2D eigenvalue weighted by molar-refractivity contribution is 6.01. The molecule has 7 nitrogen and oxygen atoms in total. The van der Waals surface area contributed by atoms with Gasteiger partial charge in [-0.3, -0.25) is 9.59 Å². The molecule has 140 valence electrons. The smallest absolute Gasteiger partial charge is 0.323 e. The summed E-state index contributed by atoms with van der Waals surface area (Å²) in [4.78, 5) is 41.9. The number of carbonyl (C=O) groups is 2. The number of H-pyrrole nitrogens is 2. The molecule has 0 saturated carbocycles. The van der Waals surface area contributed by atoms with Crippen molar-refractivity contribution in [3.05, 3.63) is 64.1 Å². The van der Waals surface area contributed by atoms with Crippen LogP contribution in [0, 0.1) is 12.8 Å². The monoisotopic (exact) mass is 366 g/mol. The highest BCUT2D eigenvalue weighted by Gasteiger charge is 2.25. The number of hydrogen-bond acceptors (Lipinski definition) is 3. The van der Waals surface area contributed by atoms with Gasteiger partial charge in [-0.2, -0.15) is 0 Å². The van der Waals surface area contributed by atoms with E-state index < -0.39 is 6.04 Å². The fraction of sp³-hybridized carbons (Fsp3) is 0.250. The highest BCUT2D eigenvalue weighted by atomic mass is 16.2. The Morgan fingerprint density at radius 3 is 2.44 bits per heavy atom. The molecule has 0 fully saturated rings. The molecule has 1 unspecified atom stereocenters. The third-order valence-corrected chi connectivity index (χ3v) is 4.30. The zero-order valence-electron chi connectivity index (χ0n) is 15.4. The maximum absolute atomic E-state index is 12.7. The van der Waals surface area contributed by atoms with Gasteiger partial charge in [-0.1, -0.05) is 31.5 Å². The van der Waals surface area contributed by atoms with Crippen LogP contribution in [0.2, 0.25) is 0 Å². The summed E-state index contributed by atoms with van der Waals surface area (Å²) in [7, 11) is 0. The van der Waals surface area contributed by atoms with E-state index in [1.807, 2.05) is 32.9 Å². The van der Waals surface area contributed by atoms with E-state index in [1.54, 1.807) is 30.3 Å². The van der Waals surface area contributed by atoms with Gasteiger partial charge < -0.3 is 20.6 Å². The molecular weight excluding hydrogens is 344 g/mol. The number of imidazole rings is 1. The topological polar surface area (TPSA) is 107 Å². The number of hydrogen-bond donors (Lipinski definition) is 4. The Morgan fingerprint density at radius 1 is 1.00 bits per heavy atom. The summed E-state index contributed by atoms with van der Waals surface area (Å²) in [5.41, 5.74) is 2.98. The Hall–Kier alpha value is -3.35. The van der Waals surface area contributed by atoms with Crippen molar-refractivity contribution in [1.82, 2.24) is 15.3 Å². The molecule has 3 rings (SSSR count). The number of rotatable bonds is 5. The summed E-state index contributed by atoms with van der Waals surface area (Å²) in [6, 6.07) is 11.6. The Labute approximate surface area is 156 Å². The van der Waals surface area contributed by atoms with E-state index in [0.29, 0.717) is 22.3 Å². The van der Waals surface area contributed by atoms with Crippen LogP contribution in [0.1, 0.15) is 29.8 Å². The van der Waals surface area contributed by atoms with E-state index in [4.69, 9.17) is 0 Å². The minimum absolute atomic E-state index is 0.102. The summed E-state index contributed by atoms with van der Waals surface area (Å²) in [6.45, 7) is 5.64. The van der Waals surface area contributed by atoms with Crippen LogP contribution in [0.4, 0.5) is 5.69 Å². The zero-order chi connectivity index (χ0) is 19.6. The maximum atomic E-state index is 12.7. The van der Waals surface area contributed by atoms with Crippen molar-refractivity contribution in [3.63, 3.8) is 0 Å². The van der Waals surface area contributed by atoms with Crippen molar-refractivity contribution in [3.8, 4) is 0 Å². The summed E-state index contributed by atoms with van der Waals surface area (Å²) >= 11 is 0. The van der Waals surface area contributed by atoms with Crippen LogP contribution in [0.25, 0.3) is 11.0 Å². The van der Waals surface area contributed by atoms with Gasteiger partial charge in [0, 0.05) is 11.3 Å². The van der Waals surface area contributed by atoms with E-state index in [-0.39, 0.29) is 23.4 Å². The minimum Gasteiger partial charge on any atom is -0.340 e. The van der Waals surface area contributed by atoms with Crippen LogP contribution in [0.15, 0.2) is 47.3 Å². The molecule has 27 heavy (non-hydrogen) atoms. The number of nitrogens with one attached hydrogen (secondary N) is 4. The van der Waals surface area contributed by atoms with Crippen molar-refractivity contribution in [1.29, 1.82) is 0 Å². The Kier molecular flexibility index (Phi) is 5.12. The minimum atomic E-state index is -0.695. The molecule has 0 bridgehead atoms. The second-order valence-corrected chi connectivity index (χ2v) is 6.89. The van der Waals surface area contributed by atoms with Gasteiger partial charge in [0.2, 0.25) is 5.91 Å². The van der Waals surface area contributed by atoms with Gasteiger partial charge in [-0.05, 0) is 43.2 Å². The Balaban J connectivity index is 1.76. The molecule has 3 aromatic rings. The lowest BCUT2D eigenvalue weighted by atomic mass is 10.0. The normalized spacial score (nSPS) is 12.1. The quantitative estimate of drug-likeness (QED) is 0.557. The SMILES string of the molecule is Cc1cccc(C(=O)NC(C(=O)Nc2ccc3[nH]c(=O)[nH]c3c2)C(C)C)c1. The van der Waals surface area contributed by atoms with Crippen LogP contribution in [-0.2, 0) is 4.79 Å². The number of anilines is 1. The van der Waals surface area contributed by atoms with Crippen molar-refractivity contribution in [2.75, 3.05) is 5.32 Å². The Morgan fingerprint density at radius 2 is 1.74 bits per heavy atom. The van der Waals surface area contributed by atoms with E-state index in [2.05, 4.69) is 20.6 Å². The molecule has 1 aromatic heterocycles. The summed E-state index contributed by atoms with van der Waals surface area (Å²) in [5, 5.41) is 5.61. The lowest BCUT2D eigenvalue weighted by molar-refractivity contribution is -0.118. The van der Waals surface area contributed by atoms with Gasteiger partial charge in [-0.15, -0.1) is 0 Å². The molecule has 2 amide bonds. The molecule has 0 radical (unpaired) electrons. The average Bonchev–Trinajstić information content (AvgIpc) is 2.98. The van der Waals surface area contributed by atoms with Crippen molar-refractivity contribution < 1.29 is 9.59 Å². The summed E-state index contributed by atoms with van der Waals surface area (Å²) in [5.74, 6) is -0.712. The molecular formula is C20H22N4O3. The average molecular weight is 366 g/mol. The molecule has 4 N–H and O–H groups in total. The molecule has 1 heterocycles. The zero-order valence-corrected chi connectivity index (χ0v) is 15.4. The molecule has 0 aliphatic rings.